The van der Waals surface area contributed by atoms with Crippen molar-refractivity contribution in [2.75, 3.05) is 32.1 Å². The van der Waals surface area contributed by atoms with Gasteiger partial charge in [-0.2, -0.15) is 4.31 Å². The average Bonchev–Trinajstić information content (AvgIpc) is 2.85. The predicted molar refractivity (Wildman–Crippen MR) is 141 cm³/mol. The minimum Gasteiger partial charge on any atom is -0.486 e. The van der Waals surface area contributed by atoms with E-state index in [9.17, 15) is 23.1 Å². The van der Waals surface area contributed by atoms with Crippen molar-refractivity contribution in [3.63, 3.8) is 0 Å². The number of aliphatic hydroxyl groups excluding tert-OH is 1. The first-order chi connectivity index (χ1) is 17.4. The first-order valence-electron chi connectivity index (χ1n) is 12.3. The standard InChI is InChI=1S/C26H36N4O6S/c1-17(2)27-26(33)28-22-13-9-12-21-24(22)36-23(18(3)14-30(25(21)32)19(4)16-31)15-29(5)37(34,35)20-10-7-6-8-11-20/h6-13,17-19,23,31H,14-16H2,1-5H3,(H2,27,28,33)/t18-,19+,23+/m1/s1. The Kier molecular flexibility index (Phi) is 9.16. The number of carbonyl (C=O) groups is 2. The molecule has 3 rings (SSSR count). The number of urea groups is 1. The summed E-state index contributed by atoms with van der Waals surface area (Å²) in [5, 5.41) is 15.3. The summed E-state index contributed by atoms with van der Waals surface area (Å²) in [5.41, 5.74) is 0.501. The van der Waals surface area contributed by atoms with Gasteiger partial charge in [0, 0.05) is 25.6 Å². The fourth-order valence-corrected chi connectivity index (χ4v) is 5.31. The van der Waals surface area contributed by atoms with E-state index in [1.807, 2.05) is 20.8 Å². The van der Waals surface area contributed by atoms with Crippen molar-refractivity contribution < 1.29 is 27.9 Å². The number of amides is 3. The SMILES string of the molecule is CC(C)NC(=O)Nc1cccc2c1O[C@@H](CN(C)S(=O)(=O)c1ccccc1)[C@H](C)CN([C@@H](C)CO)C2=O. The summed E-state index contributed by atoms with van der Waals surface area (Å²) in [5.74, 6) is -0.499. The zero-order valence-corrected chi connectivity index (χ0v) is 22.7. The molecule has 1 aliphatic heterocycles. The van der Waals surface area contributed by atoms with Gasteiger partial charge in [0.05, 0.1) is 35.3 Å². The molecule has 0 unspecified atom stereocenters. The van der Waals surface area contributed by atoms with Crippen LogP contribution in [0, 0.1) is 5.92 Å². The van der Waals surface area contributed by atoms with E-state index in [2.05, 4.69) is 10.6 Å². The largest absolute Gasteiger partial charge is 0.486 e. The third-order valence-electron chi connectivity index (χ3n) is 6.25. The zero-order chi connectivity index (χ0) is 27.3. The first kappa shape index (κ1) is 28.4. The molecule has 11 heteroatoms. The Hall–Kier alpha value is -3.15. The number of aliphatic hydroxyl groups is 1. The van der Waals surface area contributed by atoms with Gasteiger partial charge in [-0.3, -0.25) is 4.79 Å². The molecule has 0 aromatic heterocycles. The molecule has 2 aromatic rings. The van der Waals surface area contributed by atoms with E-state index in [-0.39, 0.29) is 59.5 Å². The van der Waals surface area contributed by atoms with Crippen LogP contribution < -0.4 is 15.4 Å². The van der Waals surface area contributed by atoms with Crippen LogP contribution >= 0.6 is 0 Å². The van der Waals surface area contributed by atoms with Gasteiger partial charge in [-0.1, -0.05) is 31.2 Å². The highest BCUT2D eigenvalue weighted by Gasteiger charge is 2.36. The monoisotopic (exact) mass is 532 g/mol. The van der Waals surface area contributed by atoms with E-state index in [1.165, 1.54) is 23.5 Å². The summed E-state index contributed by atoms with van der Waals surface area (Å²) in [4.78, 5) is 27.7. The molecule has 2 aromatic carbocycles. The van der Waals surface area contributed by atoms with Gasteiger partial charge in [0.15, 0.2) is 5.75 Å². The van der Waals surface area contributed by atoms with Crippen molar-refractivity contribution in [1.29, 1.82) is 0 Å². The van der Waals surface area contributed by atoms with Gasteiger partial charge in [-0.25, -0.2) is 13.2 Å². The van der Waals surface area contributed by atoms with Crippen LogP contribution in [-0.4, -0.2) is 79.6 Å². The Labute approximate surface area is 218 Å². The first-order valence-corrected chi connectivity index (χ1v) is 13.7. The Morgan fingerprint density at radius 3 is 2.46 bits per heavy atom. The molecule has 3 N–H and O–H groups in total. The summed E-state index contributed by atoms with van der Waals surface area (Å²) in [6.45, 7) is 7.26. The number of nitrogens with one attached hydrogen (secondary N) is 2. The third-order valence-corrected chi connectivity index (χ3v) is 8.09. The second-order valence-electron chi connectivity index (χ2n) is 9.66. The quantitative estimate of drug-likeness (QED) is 0.480. The smallest absolute Gasteiger partial charge is 0.319 e. The maximum Gasteiger partial charge on any atom is 0.319 e. The number of anilines is 1. The highest BCUT2D eigenvalue weighted by atomic mass is 32.2. The molecule has 10 nitrogen and oxygen atoms in total. The van der Waals surface area contributed by atoms with Crippen molar-refractivity contribution in [1.82, 2.24) is 14.5 Å². The lowest BCUT2D eigenvalue weighted by atomic mass is 9.99. The Balaban J connectivity index is 2.02. The number of para-hydroxylation sites is 1. The molecule has 3 atom stereocenters. The number of rotatable bonds is 8. The van der Waals surface area contributed by atoms with Crippen LogP contribution in [-0.2, 0) is 10.0 Å². The van der Waals surface area contributed by atoms with Crippen molar-refractivity contribution >= 4 is 27.6 Å². The lowest BCUT2D eigenvalue weighted by Gasteiger charge is -2.38. The van der Waals surface area contributed by atoms with E-state index >= 15 is 0 Å². The van der Waals surface area contributed by atoms with Gasteiger partial charge < -0.3 is 25.4 Å². The van der Waals surface area contributed by atoms with E-state index in [0.29, 0.717) is 0 Å². The van der Waals surface area contributed by atoms with Crippen molar-refractivity contribution in [3.8, 4) is 5.75 Å². The number of carbonyl (C=O) groups excluding carboxylic acids is 2. The molecule has 0 radical (unpaired) electrons. The second-order valence-corrected chi connectivity index (χ2v) is 11.7. The maximum absolute atomic E-state index is 13.5. The maximum atomic E-state index is 13.5. The van der Waals surface area contributed by atoms with E-state index in [4.69, 9.17) is 4.74 Å². The molecule has 1 aliphatic rings. The highest BCUT2D eigenvalue weighted by molar-refractivity contribution is 7.89. The van der Waals surface area contributed by atoms with Gasteiger partial charge in [0.25, 0.3) is 5.91 Å². The molecule has 0 spiro atoms. The van der Waals surface area contributed by atoms with Crippen LogP contribution in [0.5, 0.6) is 5.75 Å². The van der Waals surface area contributed by atoms with Crippen LogP contribution in [0.3, 0.4) is 0 Å². The molecule has 37 heavy (non-hydrogen) atoms. The number of fused-ring (bicyclic) bond motifs is 1. The minimum atomic E-state index is -3.80. The van der Waals surface area contributed by atoms with Gasteiger partial charge in [-0.15, -0.1) is 0 Å². The lowest BCUT2D eigenvalue weighted by molar-refractivity contribution is 0.0389. The van der Waals surface area contributed by atoms with Crippen LogP contribution in [0.1, 0.15) is 38.1 Å². The van der Waals surface area contributed by atoms with Crippen molar-refractivity contribution in [3.05, 3.63) is 54.1 Å². The molecule has 3 amide bonds. The molecule has 0 fully saturated rings. The normalized spacial score (nSPS) is 19.0. The number of nitrogens with zero attached hydrogens (tertiary/aromatic N) is 2. The fraction of sp³-hybridized carbons (Fsp3) is 0.462. The zero-order valence-electron chi connectivity index (χ0n) is 21.8. The molecule has 0 bridgehead atoms. The third kappa shape index (κ3) is 6.60. The minimum absolute atomic E-state index is 0.000104. The van der Waals surface area contributed by atoms with Gasteiger partial charge in [-0.05, 0) is 45.0 Å². The molecular formula is C26H36N4O6S. The molecule has 0 aliphatic carbocycles. The fourth-order valence-electron chi connectivity index (χ4n) is 4.10. The van der Waals surface area contributed by atoms with E-state index < -0.39 is 28.2 Å². The van der Waals surface area contributed by atoms with Crippen molar-refractivity contribution in [2.45, 2.75) is 50.8 Å². The van der Waals surface area contributed by atoms with Gasteiger partial charge in [0.2, 0.25) is 10.0 Å². The topological polar surface area (TPSA) is 128 Å². The van der Waals surface area contributed by atoms with E-state index in [0.717, 1.165) is 0 Å². The van der Waals surface area contributed by atoms with Gasteiger partial charge >= 0.3 is 6.03 Å². The number of hydrogen-bond donors (Lipinski definition) is 3. The summed E-state index contributed by atoms with van der Waals surface area (Å²) < 4.78 is 34.0. The molecule has 202 valence electrons. The summed E-state index contributed by atoms with van der Waals surface area (Å²) in [6.07, 6.45) is -0.667. The number of sulfonamides is 1. The van der Waals surface area contributed by atoms with Crippen LogP contribution in [0.25, 0.3) is 0 Å². The molecule has 1 heterocycles. The summed E-state index contributed by atoms with van der Waals surface area (Å²) >= 11 is 0. The lowest BCUT2D eigenvalue weighted by Crippen LogP contribution is -2.50. The Morgan fingerprint density at radius 1 is 1.16 bits per heavy atom. The van der Waals surface area contributed by atoms with Crippen molar-refractivity contribution in [2.24, 2.45) is 5.92 Å². The van der Waals surface area contributed by atoms with Crippen LogP contribution in [0.15, 0.2) is 53.4 Å². The number of ether oxygens (including phenoxy) is 1. The molecule has 0 saturated heterocycles. The van der Waals surface area contributed by atoms with Gasteiger partial charge in [0.1, 0.15) is 6.10 Å². The average molecular weight is 533 g/mol. The summed E-state index contributed by atoms with van der Waals surface area (Å²) in [7, 11) is -2.31. The Bertz CT molecular complexity index is 1200. The number of likely N-dealkylation sites (N-methyl/N-ethyl adjacent to an activating group) is 1. The van der Waals surface area contributed by atoms with Crippen LogP contribution in [0.2, 0.25) is 0 Å². The molecular weight excluding hydrogens is 496 g/mol. The van der Waals surface area contributed by atoms with Crippen LogP contribution in [0.4, 0.5) is 10.5 Å². The molecule has 0 saturated carbocycles. The number of hydrogen-bond acceptors (Lipinski definition) is 6. The highest BCUT2D eigenvalue weighted by Crippen LogP contribution is 2.35. The van der Waals surface area contributed by atoms with E-state index in [1.54, 1.807) is 48.2 Å². The number of benzene rings is 2. The second kappa shape index (κ2) is 11.9. The summed E-state index contributed by atoms with van der Waals surface area (Å²) in [6, 6.07) is 11.9. The predicted octanol–water partition coefficient (Wildman–Crippen LogP) is 2.76. The Morgan fingerprint density at radius 2 is 1.84 bits per heavy atom.